The Bertz CT molecular complexity index is 340. The standard InChI is InChI=1S/C10H16N4O/c1-2-7(11)5-8-3-4-13-10(14-8)6-9(12)15/h3-4,7H,2,5-6,11H2,1H3,(H2,12,15). The van der Waals surface area contributed by atoms with Crippen molar-refractivity contribution >= 4 is 5.91 Å². The highest BCUT2D eigenvalue weighted by Gasteiger charge is 2.06. The number of nitrogens with zero attached hydrogens (tertiary/aromatic N) is 2. The summed E-state index contributed by atoms with van der Waals surface area (Å²) in [4.78, 5) is 18.8. The fraction of sp³-hybridized carbons (Fsp3) is 0.500. The van der Waals surface area contributed by atoms with Gasteiger partial charge in [0.2, 0.25) is 5.91 Å². The fourth-order valence-electron chi connectivity index (χ4n) is 1.21. The van der Waals surface area contributed by atoms with Gasteiger partial charge in [-0.2, -0.15) is 0 Å². The first-order chi connectivity index (χ1) is 7.11. The van der Waals surface area contributed by atoms with Crippen molar-refractivity contribution in [3.05, 3.63) is 23.8 Å². The zero-order valence-electron chi connectivity index (χ0n) is 8.81. The number of nitrogens with two attached hydrogens (primary N) is 2. The molecule has 0 saturated carbocycles. The molecule has 0 fully saturated rings. The molecular formula is C10H16N4O. The van der Waals surface area contributed by atoms with Crippen molar-refractivity contribution in [2.24, 2.45) is 11.5 Å². The van der Waals surface area contributed by atoms with Gasteiger partial charge in [0, 0.05) is 24.4 Å². The van der Waals surface area contributed by atoms with Crippen LogP contribution in [0.15, 0.2) is 12.3 Å². The maximum absolute atomic E-state index is 10.7. The van der Waals surface area contributed by atoms with E-state index in [9.17, 15) is 4.79 Å². The Kier molecular flexibility index (Phi) is 4.17. The largest absolute Gasteiger partial charge is 0.369 e. The summed E-state index contributed by atoms with van der Waals surface area (Å²) in [6.07, 6.45) is 3.30. The first kappa shape index (κ1) is 11.6. The van der Waals surface area contributed by atoms with Gasteiger partial charge in [0.05, 0.1) is 6.42 Å². The van der Waals surface area contributed by atoms with Crippen LogP contribution in [-0.4, -0.2) is 21.9 Å². The molecule has 1 aromatic heterocycles. The molecule has 1 unspecified atom stereocenters. The highest BCUT2D eigenvalue weighted by molar-refractivity contribution is 5.75. The quantitative estimate of drug-likeness (QED) is 0.699. The summed E-state index contributed by atoms with van der Waals surface area (Å²) < 4.78 is 0. The Balaban J connectivity index is 2.69. The Morgan fingerprint density at radius 3 is 2.93 bits per heavy atom. The number of rotatable bonds is 5. The zero-order valence-corrected chi connectivity index (χ0v) is 8.81. The number of carbonyl (C=O) groups is 1. The van der Waals surface area contributed by atoms with E-state index in [1.54, 1.807) is 12.3 Å². The lowest BCUT2D eigenvalue weighted by molar-refractivity contribution is -0.117. The minimum absolute atomic E-state index is 0.0786. The third-order valence-corrected chi connectivity index (χ3v) is 2.09. The Labute approximate surface area is 88.9 Å². The van der Waals surface area contributed by atoms with E-state index >= 15 is 0 Å². The lowest BCUT2D eigenvalue weighted by Gasteiger charge is -2.07. The monoisotopic (exact) mass is 208 g/mol. The second kappa shape index (κ2) is 5.41. The smallest absolute Gasteiger partial charge is 0.225 e. The van der Waals surface area contributed by atoms with Crippen molar-refractivity contribution in [1.29, 1.82) is 0 Å². The third kappa shape index (κ3) is 4.03. The van der Waals surface area contributed by atoms with Crippen LogP contribution in [0.3, 0.4) is 0 Å². The van der Waals surface area contributed by atoms with Crippen LogP contribution in [0.2, 0.25) is 0 Å². The van der Waals surface area contributed by atoms with Crippen LogP contribution < -0.4 is 11.5 Å². The molecule has 1 rings (SSSR count). The molecule has 0 aliphatic carbocycles. The topological polar surface area (TPSA) is 94.9 Å². The highest BCUT2D eigenvalue weighted by atomic mass is 16.1. The maximum Gasteiger partial charge on any atom is 0.225 e. The summed E-state index contributed by atoms with van der Waals surface area (Å²) in [5, 5.41) is 0. The number of aromatic nitrogens is 2. The molecule has 82 valence electrons. The lowest BCUT2D eigenvalue weighted by atomic mass is 10.1. The van der Waals surface area contributed by atoms with Gasteiger partial charge >= 0.3 is 0 Å². The van der Waals surface area contributed by atoms with Crippen LogP contribution >= 0.6 is 0 Å². The van der Waals surface area contributed by atoms with Crippen molar-refractivity contribution in [1.82, 2.24) is 9.97 Å². The molecule has 1 atom stereocenters. The zero-order chi connectivity index (χ0) is 11.3. The van der Waals surface area contributed by atoms with Gasteiger partial charge in [-0.25, -0.2) is 9.97 Å². The van der Waals surface area contributed by atoms with Gasteiger partial charge in [-0.3, -0.25) is 4.79 Å². The molecule has 0 spiro atoms. The minimum atomic E-state index is -0.424. The number of hydrogen-bond acceptors (Lipinski definition) is 4. The van der Waals surface area contributed by atoms with Gasteiger partial charge in [-0.1, -0.05) is 6.92 Å². The molecule has 1 amide bonds. The molecular weight excluding hydrogens is 192 g/mol. The molecule has 0 aliphatic heterocycles. The molecule has 0 aliphatic rings. The molecule has 4 N–H and O–H groups in total. The number of hydrogen-bond donors (Lipinski definition) is 2. The van der Waals surface area contributed by atoms with E-state index in [0.29, 0.717) is 12.2 Å². The highest BCUT2D eigenvalue weighted by Crippen LogP contribution is 2.01. The second-order valence-corrected chi connectivity index (χ2v) is 3.48. The predicted molar refractivity (Wildman–Crippen MR) is 56.9 cm³/mol. The minimum Gasteiger partial charge on any atom is -0.369 e. The summed E-state index contributed by atoms with van der Waals surface area (Å²) in [7, 11) is 0. The number of carbonyl (C=O) groups excluding carboxylic acids is 1. The van der Waals surface area contributed by atoms with Gasteiger partial charge in [-0.05, 0) is 12.5 Å². The van der Waals surface area contributed by atoms with E-state index in [-0.39, 0.29) is 12.5 Å². The van der Waals surface area contributed by atoms with E-state index < -0.39 is 5.91 Å². The molecule has 0 bridgehead atoms. The SMILES string of the molecule is CCC(N)Cc1ccnc(CC(N)=O)n1. The fourth-order valence-corrected chi connectivity index (χ4v) is 1.21. The van der Waals surface area contributed by atoms with Crippen LogP contribution in [0.1, 0.15) is 24.9 Å². The van der Waals surface area contributed by atoms with Gasteiger partial charge in [0.15, 0.2) is 0 Å². The van der Waals surface area contributed by atoms with Crippen LogP contribution in [0.4, 0.5) is 0 Å². The summed E-state index contributed by atoms with van der Waals surface area (Å²) in [6, 6.07) is 1.90. The molecule has 1 heterocycles. The normalized spacial score (nSPS) is 12.4. The number of amides is 1. The van der Waals surface area contributed by atoms with E-state index in [1.165, 1.54) is 0 Å². The third-order valence-electron chi connectivity index (χ3n) is 2.09. The Morgan fingerprint density at radius 2 is 2.33 bits per heavy atom. The molecule has 5 nitrogen and oxygen atoms in total. The summed E-state index contributed by atoms with van der Waals surface area (Å²) in [5.74, 6) is 0.0373. The first-order valence-corrected chi connectivity index (χ1v) is 4.96. The molecule has 0 saturated heterocycles. The van der Waals surface area contributed by atoms with E-state index in [4.69, 9.17) is 11.5 Å². The van der Waals surface area contributed by atoms with Crippen LogP contribution in [0, 0.1) is 0 Å². The molecule has 5 heteroatoms. The van der Waals surface area contributed by atoms with E-state index in [1.807, 2.05) is 6.92 Å². The Hall–Kier alpha value is -1.49. The van der Waals surface area contributed by atoms with Gasteiger partial charge in [0.25, 0.3) is 0 Å². The van der Waals surface area contributed by atoms with Crippen LogP contribution in [0.5, 0.6) is 0 Å². The lowest BCUT2D eigenvalue weighted by Crippen LogP contribution is -2.22. The van der Waals surface area contributed by atoms with Gasteiger partial charge < -0.3 is 11.5 Å². The van der Waals surface area contributed by atoms with Crippen molar-refractivity contribution in [3.63, 3.8) is 0 Å². The summed E-state index contributed by atoms with van der Waals surface area (Å²) in [6.45, 7) is 2.02. The maximum atomic E-state index is 10.7. The molecule has 0 aromatic carbocycles. The van der Waals surface area contributed by atoms with E-state index in [2.05, 4.69) is 9.97 Å². The van der Waals surface area contributed by atoms with E-state index in [0.717, 1.165) is 12.1 Å². The average molecular weight is 208 g/mol. The van der Waals surface area contributed by atoms with Gasteiger partial charge in [0.1, 0.15) is 5.82 Å². The predicted octanol–water partition coefficient (Wildman–Crippen LogP) is -0.216. The first-order valence-electron chi connectivity index (χ1n) is 4.96. The summed E-state index contributed by atoms with van der Waals surface area (Å²) >= 11 is 0. The molecule has 0 radical (unpaired) electrons. The molecule has 15 heavy (non-hydrogen) atoms. The second-order valence-electron chi connectivity index (χ2n) is 3.48. The van der Waals surface area contributed by atoms with Crippen molar-refractivity contribution in [2.45, 2.75) is 32.2 Å². The van der Waals surface area contributed by atoms with Gasteiger partial charge in [-0.15, -0.1) is 0 Å². The molecule has 1 aromatic rings. The number of primary amides is 1. The Morgan fingerprint density at radius 1 is 1.60 bits per heavy atom. The average Bonchev–Trinajstić information content (AvgIpc) is 2.17. The summed E-state index contributed by atoms with van der Waals surface area (Å²) in [5.41, 5.74) is 11.7. The van der Waals surface area contributed by atoms with Crippen molar-refractivity contribution in [2.75, 3.05) is 0 Å². The van der Waals surface area contributed by atoms with Crippen molar-refractivity contribution in [3.8, 4) is 0 Å². The van der Waals surface area contributed by atoms with Crippen molar-refractivity contribution < 1.29 is 4.79 Å². The van der Waals surface area contributed by atoms with Crippen LogP contribution in [-0.2, 0) is 17.6 Å². The van der Waals surface area contributed by atoms with Crippen LogP contribution in [0.25, 0.3) is 0 Å².